The molecule has 2 amide bonds. The lowest BCUT2D eigenvalue weighted by molar-refractivity contribution is -0.134. The van der Waals surface area contributed by atoms with Crippen molar-refractivity contribution in [1.82, 2.24) is 10.2 Å². The minimum atomic E-state index is 0.0486. The minimum absolute atomic E-state index is 0.0486. The fraction of sp³-hybridized carbons (Fsp3) is 0.818. The smallest absolute Gasteiger partial charge is 0.223 e. The maximum absolute atomic E-state index is 11.7. The molecule has 1 saturated heterocycles. The Hall–Kier alpha value is -1.10. The zero-order valence-electron chi connectivity index (χ0n) is 9.99. The third kappa shape index (κ3) is 3.81. The van der Waals surface area contributed by atoms with Gasteiger partial charge in [-0.3, -0.25) is 9.59 Å². The molecule has 1 N–H and O–H groups in total. The predicted octanol–water partition coefficient (Wildman–Crippen LogP) is 0.00750. The average molecular weight is 228 g/mol. The molecule has 1 fully saturated rings. The molecule has 0 aromatic heterocycles. The van der Waals surface area contributed by atoms with Crippen molar-refractivity contribution in [2.75, 3.05) is 33.4 Å². The van der Waals surface area contributed by atoms with Gasteiger partial charge in [0, 0.05) is 39.6 Å². The average Bonchev–Trinajstić information content (AvgIpc) is 2.29. The monoisotopic (exact) mass is 228 g/mol. The van der Waals surface area contributed by atoms with E-state index in [1.807, 2.05) is 0 Å². The Balaban J connectivity index is 2.25. The number of nitrogens with one attached hydrogen (secondary N) is 1. The molecule has 0 unspecified atom stereocenters. The van der Waals surface area contributed by atoms with Crippen LogP contribution >= 0.6 is 0 Å². The minimum Gasteiger partial charge on any atom is -0.383 e. The number of nitrogens with zero attached hydrogens (tertiary/aromatic N) is 1. The van der Waals surface area contributed by atoms with Crippen LogP contribution in [0.2, 0.25) is 0 Å². The molecule has 5 nitrogen and oxygen atoms in total. The molecule has 0 bridgehead atoms. The van der Waals surface area contributed by atoms with Gasteiger partial charge in [-0.2, -0.15) is 0 Å². The first-order chi connectivity index (χ1) is 7.65. The number of carbonyl (C=O) groups is 2. The molecule has 1 heterocycles. The van der Waals surface area contributed by atoms with E-state index < -0.39 is 0 Å². The second kappa shape index (κ2) is 6.48. The van der Waals surface area contributed by atoms with E-state index >= 15 is 0 Å². The van der Waals surface area contributed by atoms with E-state index in [-0.39, 0.29) is 17.7 Å². The van der Waals surface area contributed by atoms with Gasteiger partial charge in [-0.05, 0) is 12.8 Å². The summed E-state index contributed by atoms with van der Waals surface area (Å²) in [6.45, 7) is 4.05. The molecule has 16 heavy (non-hydrogen) atoms. The molecule has 0 aromatic carbocycles. The SMILES string of the molecule is COCCNC(=O)C1CCN(C(C)=O)CC1. The Labute approximate surface area is 96.1 Å². The van der Waals surface area contributed by atoms with Crippen LogP contribution in [0.1, 0.15) is 19.8 Å². The van der Waals surface area contributed by atoms with Crippen LogP contribution in [0, 0.1) is 5.92 Å². The fourth-order valence-electron chi connectivity index (χ4n) is 1.88. The molecule has 0 aliphatic carbocycles. The summed E-state index contributed by atoms with van der Waals surface area (Å²) in [5.74, 6) is 0.228. The zero-order valence-corrected chi connectivity index (χ0v) is 9.99. The molecule has 1 aliphatic heterocycles. The maximum Gasteiger partial charge on any atom is 0.223 e. The molecule has 1 aliphatic rings. The van der Waals surface area contributed by atoms with E-state index in [2.05, 4.69) is 5.32 Å². The lowest BCUT2D eigenvalue weighted by atomic mass is 9.96. The van der Waals surface area contributed by atoms with Crippen LogP contribution in [0.3, 0.4) is 0 Å². The summed E-state index contributed by atoms with van der Waals surface area (Å²) in [6.07, 6.45) is 1.52. The van der Waals surface area contributed by atoms with Crippen molar-refractivity contribution < 1.29 is 14.3 Å². The molecule has 0 spiro atoms. The summed E-state index contributed by atoms with van der Waals surface area (Å²) in [5, 5.41) is 2.83. The third-order valence-electron chi connectivity index (χ3n) is 2.92. The van der Waals surface area contributed by atoms with Gasteiger partial charge in [-0.15, -0.1) is 0 Å². The van der Waals surface area contributed by atoms with Crippen molar-refractivity contribution in [2.45, 2.75) is 19.8 Å². The van der Waals surface area contributed by atoms with Crippen molar-refractivity contribution in [3.63, 3.8) is 0 Å². The fourth-order valence-corrected chi connectivity index (χ4v) is 1.88. The summed E-state index contributed by atoms with van der Waals surface area (Å²) < 4.78 is 4.86. The van der Waals surface area contributed by atoms with E-state index in [4.69, 9.17) is 4.74 Å². The van der Waals surface area contributed by atoms with Crippen molar-refractivity contribution in [3.05, 3.63) is 0 Å². The topological polar surface area (TPSA) is 58.6 Å². The second-order valence-corrected chi connectivity index (χ2v) is 4.06. The number of ether oxygens (including phenoxy) is 1. The van der Waals surface area contributed by atoms with Gasteiger partial charge < -0.3 is 15.0 Å². The Kier molecular flexibility index (Phi) is 5.25. The summed E-state index contributed by atoms with van der Waals surface area (Å²) >= 11 is 0. The van der Waals surface area contributed by atoms with Crippen LogP contribution in [-0.4, -0.2) is 50.1 Å². The Bertz CT molecular complexity index is 248. The van der Waals surface area contributed by atoms with E-state index in [1.165, 1.54) is 0 Å². The highest BCUT2D eigenvalue weighted by Gasteiger charge is 2.25. The number of hydrogen-bond donors (Lipinski definition) is 1. The number of rotatable bonds is 4. The summed E-state index contributed by atoms with van der Waals surface area (Å²) in [7, 11) is 1.61. The lowest BCUT2D eigenvalue weighted by Crippen LogP contribution is -2.42. The number of methoxy groups -OCH3 is 1. The molecular formula is C11H20N2O3. The number of piperidine rings is 1. The van der Waals surface area contributed by atoms with Crippen molar-refractivity contribution >= 4 is 11.8 Å². The maximum atomic E-state index is 11.7. The molecule has 92 valence electrons. The van der Waals surface area contributed by atoms with Gasteiger partial charge in [0.1, 0.15) is 0 Å². The number of likely N-dealkylation sites (tertiary alicyclic amines) is 1. The van der Waals surface area contributed by atoms with E-state index in [9.17, 15) is 9.59 Å². The largest absolute Gasteiger partial charge is 0.383 e. The standard InChI is InChI=1S/C11H20N2O3/c1-9(14)13-6-3-10(4-7-13)11(15)12-5-8-16-2/h10H,3-8H2,1-2H3,(H,12,15). The van der Waals surface area contributed by atoms with Crippen LogP contribution < -0.4 is 5.32 Å². The molecule has 0 saturated carbocycles. The summed E-state index contributed by atoms with van der Waals surface area (Å²) in [4.78, 5) is 24.6. The van der Waals surface area contributed by atoms with Crippen LogP contribution in [-0.2, 0) is 14.3 Å². The van der Waals surface area contributed by atoms with Crippen molar-refractivity contribution in [2.24, 2.45) is 5.92 Å². The Morgan fingerprint density at radius 3 is 2.50 bits per heavy atom. The first-order valence-electron chi connectivity index (χ1n) is 5.67. The summed E-state index contributed by atoms with van der Waals surface area (Å²) in [5.41, 5.74) is 0. The van der Waals surface area contributed by atoms with E-state index in [0.717, 1.165) is 12.8 Å². The zero-order chi connectivity index (χ0) is 12.0. The van der Waals surface area contributed by atoms with Gasteiger partial charge in [0.2, 0.25) is 11.8 Å². The predicted molar refractivity (Wildman–Crippen MR) is 59.9 cm³/mol. The highest BCUT2D eigenvalue weighted by Crippen LogP contribution is 2.17. The number of amides is 2. The highest BCUT2D eigenvalue weighted by molar-refractivity contribution is 5.79. The third-order valence-corrected chi connectivity index (χ3v) is 2.92. The van der Waals surface area contributed by atoms with E-state index in [0.29, 0.717) is 26.2 Å². The normalized spacial score (nSPS) is 17.2. The number of carbonyl (C=O) groups excluding carboxylic acids is 2. The molecule has 5 heteroatoms. The van der Waals surface area contributed by atoms with Crippen LogP contribution in [0.25, 0.3) is 0 Å². The molecule has 0 atom stereocenters. The molecule has 1 rings (SSSR count). The van der Waals surface area contributed by atoms with Gasteiger partial charge in [0.05, 0.1) is 6.61 Å². The summed E-state index contributed by atoms with van der Waals surface area (Å²) in [6, 6.07) is 0. The van der Waals surface area contributed by atoms with Gasteiger partial charge in [0.25, 0.3) is 0 Å². The van der Waals surface area contributed by atoms with Gasteiger partial charge in [-0.1, -0.05) is 0 Å². The molecule has 0 radical (unpaired) electrons. The molecule has 0 aromatic rings. The van der Waals surface area contributed by atoms with Crippen LogP contribution in [0.4, 0.5) is 0 Å². The second-order valence-electron chi connectivity index (χ2n) is 4.06. The number of hydrogen-bond acceptors (Lipinski definition) is 3. The Morgan fingerprint density at radius 1 is 1.38 bits per heavy atom. The first kappa shape index (κ1) is 13.0. The lowest BCUT2D eigenvalue weighted by Gasteiger charge is -2.30. The van der Waals surface area contributed by atoms with Gasteiger partial charge in [0.15, 0.2) is 0 Å². The first-order valence-corrected chi connectivity index (χ1v) is 5.67. The van der Waals surface area contributed by atoms with Gasteiger partial charge in [-0.25, -0.2) is 0 Å². The van der Waals surface area contributed by atoms with Crippen molar-refractivity contribution in [3.8, 4) is 0 Å². The van der Waals surface area contributed by atoms with Gasteiger partial charge >= 0.3 is 0 Å². The quantitative estimate of drug-likeness (QED) is 0.689. The van der Waals surface area contributed by atoms with Crippen LogP contribution in [0.15, 0.2) is 0 Å². The Morgan fingerprint density at radius 2 is 2.00 bits per heavy atom. The highest BCUT2D eigenvalue weighted by atomic mass is 16.5. The van der Waals surface area contributed by atoms with Crippen molar-refractivity contribution in [1.29, 1.82) is 0 Å². The van der Waals surface area contributed by atoms with Crippen LogP contribution in [0.5, 0.6) is 0 Å². The molecular weight excluding hydrogens is 208 g/mol. The van der Waals surface area contributed by atoms with E-state index in [1.54, 1.807) is 18.9 Å².